The number of aliphatic imine (C=N–C) groups is 1. The van der Waals surface area contributed by atoms with Crippen LogP contribution in [0.1, 0.15) is 30.0 Å². The van der Waals surface area contributed by atoms with Gasteiger partial charge in [0.05, 0.1) is 31.4 Å². The van der Waals surface area contributed by atoms with E-state index in [0.717, 1.165) is 32.0 Å². The Hall–Kier alpha value is -2.18. The van der Waals surface area contributed by atoms with Crippen LogP contribution >= 0.6 is 24.0 Å². The highest BCUT2D eigenvalue weighted by molar-refractivity contribution is 14.0. The standard InChI is InChI=1S/C23H27FN4O.HI/c1-2-26-23(27-14-21-12-19(13-25)8-9-22(21)24)28-11-10-20(15-28)17-29-16-18-6-4-3-5-7-18;/h3-9,12,20H,2,10-11,14-17H2,1H3,(H,26,27);1H. The van der Waals surface area contributed by atoms with E-state index in [0.29, 0.717) is 30.3 Å². The largest absolute Gasteiger partial charge is 0.376 e. The summed E-state index contributed by atoms with van der Waals surface area (Å²) in [5.74, 6) is 0.887. The fourth-order valence-electron chi connectivity index (χ4n) is 3.43. The van der Waals surface area contributed by atoms with E-state index in [-0.39, 0.29) is 36.3 Å². The van der Waals surface area contributed by atoms with Crippen LogP contribution in [0.4, 0.5) is 4.39 Å². The molecule has 1 unspecified atom stereocenters. The first kappa shape index (κ1) is 24.1. The van der Waals surface area contributed by atoms with Crippen molar-refractivity contribution in [2.45, 2.75) is 26.5 Å². The summed E-state index contributed by atoms with van der Waals surface area (Å²) < 4.78 is 19.9. The average molecular weight is 522 g/mol. The van der Waals surface area contributed by atoms with Gasteiger partial charge in [-0.25, -0.2) is 9.38 Å². The Morgan fingerprint density at radius 3 is 2.83 bits per heavy atom. The van der Waals surface area contributed by atoms with Gasteiger partial charge in [0.2, 0.25) is 0 Å². The number of nitriles is 1. The molecule has 1 saturated heterocycles. The van der Waals surface area contributed by atoms with Crippen LogP contribution in [0.2, 0.25) is 0 Å². The fourth-order valence-corrected chi connectivity index (χ4v) is 3.43. The maximum atomic E-state index is 14.0. The molecule has 7 heteroatoms. The second-order valence-corrected chi connectivity index (χ2v) is 7.19. The van der Waals surface area contributed by atoms with E-state index in [1.807, 2.05) is 31.2 Å². The van der Waals surface area contributed by atoms with Gasteiger partial charge in [-0.15, -0.1) is 24.0 Å². The molecule has 30 heavy (non-hydrogen) atoms. The van der Waals surface area contributed by atoms with Gasteiger partial charge in [-0.05, 0) is 37.1 Å². The topological polar surface area (TPSA) is 60.7 Å². The van der Waals surface area contributed by atoms with Crippen molar-refractivity contribution >= 4 is 29.9 Å². The molecule has 1 aliphatic rings. The number of halogens is 2. The zero-order chi connectivity index (χ0) is 20.5. The van der Waals surface area contributed by atoms with E-state index in [2.05, 4.69) is 27.3 Å². The lowest BCUT2D eigenvalue weighted by Gasteiger charge is -2.21. The number of hydrogen-bond acceptors (Lipinski definition) is 3. The predicted molar refractivity (Wildman–Crippen MR) is 127 cm³/mol. The van der Waals surface area contributed by atoms with E-state index in [9.17, 15) is 4.39 Å². The quantitative estimate of drug-likeness (QED) is 0.335. The van der Waals surface area contributed by atoms with Crippen molar-refractivity contribution < 1.29 is 9.13 Å². The Kier molecular flexibility index (Phi) is 10.0. The average Bonchev–Trinajstić information content (AvgIpc) is 3.21. The molecule has 1 fully saturated rings. The minimum Gasteiger partial charge on any atom is -0.376 e. The number of likely N-dealkylation sites (tertiary alicyclic amines) is 1. The van der Waals surface area contributed by atoms with E-state index >= 15 is 0 Å². The number of hydrogen-bond donors (Lipinski definition) is 1. The summed E-state index contributed by atoms with van der Waals surface area (Å²) in [5, 5.41) is 12.3. The van der Waals surface area contributed by atoms with Gasteiger partial charge in [-0.1, -0.05) is 30.3 Å². The number of nitrogens with one attached hydrogen (secondary N) is 1. The van der Waals surface area contributed by atoms with E-state index < -0.39 is 0 Å². The maximum Gasteiger partial charge on any atom is 0.194 e. The molecule has 0 saturated carbocycles. The van der Waals surface area contributed by atoms with Gasteiger partial charge in [0.1, 0.15) is 5.82 Å². The molecule has 5 nitrogen and oxygen atoms in total. The zero-order valence-electron chi connectivity index (χ0n) is 17.2. The highest BCUT2D eigenvalue weighted by atomic mass is 127. The normalized spacial score (nSPS) is 16.1. The molecule has 2 aromatic carbocycles. The van der Waals surface area contributed by atoms with Crippen LogP contribution in [-0.4, -0.2) is 37.1 Å². The van der Waals surface area contributed by atoms with Gasteiger partial charge in [-0.3, -0.25) is 0 Å². The Morgan fingerprint density at radius 2 is 2.10 bits per heavy atom. The first-order chi connectivity index (χ1) is 14.2. The van der Waals surface area contributed by atoms with E-state index in [4.69, 9.17) is 10.00 Å². The third-order valence-electron chi connectivity index (χ3n) is 4.96. The number of rotatable bonds is 7. The van der Waals surface area contributed by atoms with Crippen LogP contribution in [0.15, 0.2) is 53.5 Å². The van der Waals surface area contributed by atoms with Gasteiger partial charge < -0.3 is 15.0 Å². The van der Waals surface area contributed by atoms with Gasteiger partial charge in [0, 0.05) is 31.1 Å². The molecule has 1 N–H and O–H groups in total. The molecule has 0 radical (unpaired) electrons. The zero-order valence-corrected chi connectivity index (χ0v) is 19.5. The minimum atomic E-state index is -0.336. The molecule has 0 bridgehead atoms. The van der Waals surface area contributed by atoms with E-state index in [1.165, 1.54) is 17.7 Å². The van der Waals surface area contributed by atoms with Gasteiger partial charge in [0.15, 0.2) is 5.96 Å². The highest BCUT2D eigenvalue weighted by Gasteiger charge is 2.25. The molecule has 0 spiro atoms. The molecule has 3 rings (SSSR count). The molecule has 1 aliphatic heterocycles. The Bertz CT molecular complexity index is 869. The Balaban J connectivity index is 0.00000320. The van der Waals surface area contributed by atoms with Crippen LogP contribution in [0.25, 0.3) is 0 Å². The lowest BCUT2D eigenvalue weighted by atomic mass is 10.1. The Labute approximate surface area is 195 Å². The smallest absolute Gasteiger partial charge is 0.194 e. The predicted octanol–water partition coefficient (Wildman–Crippen LogP) is 4.32. The second-order valence-electron chi connectivity index (χ2n) is 7.19. The van der Waals surface area contributed by atoms with Crippen molar-refractivity contribution in [3.8, 4) is 6.07 Å². The van der Waals surface area contributed by atoms with Crippen LogP contribution < -0.4 is 5.32 Å². The van der Waals surface area contributed by atoms with Gasteiger partial charge >= 0.3 is 0 Å². The van der Waals surface area contributed by atoms with Crippen molar-refractivity contribution in [2.24, 2.45) is 10.9 Å². The Morgan fingerprint density at radius 1 is 1.30 bits per heavy atom. The summed E-state index contributed by atoms with van der Waals surface area (Å²) in [5.41, 5.74) is 2.05. The number of ether oxygens (including phenoxy) is 1. The maximum absolute atomic E-state index is 14.0. The second kappa shape index (κ2) is 12.5. The van der Waals surface area contributed by atoms with E-state index in [1.54, 1.807) is 6.07 Å². The molecule has 1 atom stereocenters. The molecule has 160 valence electrons. The number of guanidine groups is 1. The molecule has 0 aliphatic carbocycles. The number of benzene rings is 2. The summed E-state index contributed by atoms with van der Waals surface area (Å²) in [6.45, 7) is 6.06. The molecular formula is C23H28FIN4O. The van der Waals surface area contributed by atoms with Crippen molar-refractivity contribution in [3.05, 3.63) is 71.0 Å². The fraction of sp³-hybridized carbons (Fsp3) is 0.391. The van der Waals surface area contributed by atoms with Crippen LogP contribution in [-0.2, 0) is 17.9 Å². The van der Waals surface area contributed by atoms with Crippen LogP contribution in [0.3, 0.4) is 0 Å². The summed E-state index contributed by atoms with van der Waals surface area (Å²) in [6.07, 6.45) is 1.04. The lowest BCUT2D eigenvalue weighted by molar-refractivity contribution is 0.0906. The monoisotopic (exact) mass is 522 g/mol. The molecular weight excluding hydrogens is 494 g/mol. The van der Waals surface area contributed by atoms with Crippen molar-refractivity contribution in [3.63, 3.8) is 0 Å². The van der Waals surface area contributed by atoms with Gasteiger partial charge in [-0.2, -0.15) is 5.26 Å². The SMILES string of the molecule is CCNC(=NCc1cc(C#N)ccc1F)N1CCC(COCc2ccccc2)C1.I. The van der Waals surface area contributed by atoms with Crippen LogP contribution in [0.5, 0.6) is 0 Å². The lowest BCUT2D eigenvalue weighted by Crippen LogP contribution is -2.40. The minimum absolute atomic E-state index is 0. The first-order valence-corrected chi connectivity index (χ1v) is 10.0. The summed E-state index contributed by atoms with van der Waals surface area (Å²) in [7, 11) is 0. The molecule has 1 heterocycles. The third kappa shape index (κ3) is 6.96. The van der Waals surface area contributed by atoms with Crippen molar-refractivity contribution in [1.29, 1.82) is 5.26 Å². The third-order valence-corrected chi connectivity index (χ3v) is 4.96. The van der Waals surface area contributed by atoms with Crippen LogP contribution in [0, 0.1) is 23.1 Å². The van der Waals surface area contributed by atoms with Gasteiger partial charge in [0.25, 0.3) is 0 Å². The molecule has 2 aromatic rings. The number of nitrogens with zero attached hydrogens (tertiary/aromatic N) is 3. The summed E-state index contributed by atoms with van der Waals surface area (Å²) in [6, 6.07) is 16.6. The van der Waals surface area contributed by atoms with Crippen molar-refractivity contribution in [2.75, 3.05) is 26.2 Å². The highest BCUT2D eigenvalue weighted by Crippen LogP contribution is 2.18. The summed E-state index contributed by atoms with van der Waals surface area (Å²) >= 11 is 0. The molecule has 0 aromatic heterocycles. The first-order valence-electron chi connectivity index (χ1n) is 10.0. The molecule has 0 amide bonds. The summed E-state index contributed by atoms with van der Waals surface area (Å²) in [4.78, 5) is 6.81. The van der Waals surface area contributed by atoms with Crippen molar-refractivity contribution in [1.82, 2.24) is 10.2 Å².